The van der Waals surface area contributed by atoms with Crippen molar-refractivity contribution in [1.29, 1.82) is 0 Å². The summed E-state index contributed by atoms with van der Waals surface area (Å²) >= 11 is 6.51. The van der Waals surface area contributed by atoms with Crippen LogP contribution >= 0.6 is 11.6 Å². The molecule has 1 atom stereocenters. The van der Waals surface area contributed by atoms with E-state index in [2.05, 4.69) is 31.4 Å². The van der Waals surface area contributed by atoms with Crippen LogP contribution in [-0.2, 0) is 11.3 Å². The largest absolute Gasteiger partial charge is 0.368 e. The predicted molar refractivity (Wildman–Crippen MR) is 130 cm³/mol. The molecule has 0 spiro atoms. The lowest BCUT2D eigenvalue weighted by Gasteiger charge is -2.37. The average Bonchev–Trinajstić information content (AvgIpc) is 3.31. The van der Waals surface area contributed by atoms with Gasteiger partial charge in [-0.3, -0.25) is 14.5 Å². The average molecular weight is 469 g/mol. The van der Waals surface area contributed by atoms with Crippen molar-refractivity contribution in [2.45, 2.75) is 32.4 Å². The van der Waals surface area contributed by atoms with Gasteiger partial charge in [-0.2, -0.15) is 0 Å². The van der Waals surface area contributed by atoms with Crippen LogP contribution in [-0.4, -0.2) is 67.0 Å². The first kappa shape index (κ1) is 22.0. The number of fused-ring (bicyclic) bond motifs is 3. The maximum atomic E-state index is 12.4. The summed E-state index contributed by atoms with van der Waals surface area (Å²) in [7, 11) is 0. The number of rotatable bonds is 5. The maximum absolute atomic E-state index is 12.4. The summed E-state index contributed by atoms with van der Waals surface area (Å²) in [5.41, 5.74) is 3.47. The molecule has 2 saturated heterocycles. The summed E-state index contributed by atoms with van der Waals surface area (Å²) < 4.78 is 0. The SMILES string of the molecule is CCNC(=O)c1ccc(N2CCN(Cc3cnc4c(c3)NC(=O)[C@@H]3CCCN43)CC2)c(Cl)c1. The Morgan fingerprint density at radius 3 is 2.79 bits per heavy atom. The molecular formula is C24H29ClN6O2. The second-order valence-electron chi connectivity index (χ2n) is 8.84. The van der Waals surface area contributed by atoms with Gasteiger partial charge >= 0.3 is 0 Å². The van der Waals surface area contributed by atoms with Gasteiger partial charge in [0.05, 0.1) is 16.4 Å². The van der Waals surface area contributed by atoms with E-state index in [0.717, 1.165) is 74.9 Å². The van der Waals surface area contributed by atoms with E-state index in [1.165, 1.54) is 0 Å². The number of amides is 2. The van der Waals surface area contributed by atoms with Crippen LogP contribution in [0.3, 0.4) is 0 Å². The lowest BCUT2D eigenvalue weighted by Crippen LogP contribution is -2.46. The number of halogens is 1. The van der Waals surface area contributed by atoms with Crippen LogP contribution in [0.1, 0.15) is 35.7 Å². The molecule has 4 heterocycles. The van der Waals surface area contributed by atoms with E-state index in [0.29, 0.717) is 17.1 Å². The number of nitrogens with one attached hydrogen (secondary N) is 2. The molecule has 9 heteroatoms. The zero-order valence-corrected chi connectivity index (χ0v) is 19.6. The second-order valence-corrected chi connectivity index (χ2v) is 9.25. The molecule has 0 aliphatic carbocycles. The molecule has 0 saturated carbocycles. The van der Waals surface area contributed by atoms with Crippen molar-refractivity contribution < 1.29 is 9.59 Å². The Bertz CT molecular complexity index is 1070. The summed E-state index contributed by atoms with van der Waals surface area (Å²) in [4.78, 5) is 35.9. The van der Waals surface area contributed by atoms with Crippen LogP contribution in [0.4, 0.5) is 17.2 Å². The molecule has 3 aliphatic rings. The number of anilines is 3. The van der Waals surface area contributed by atoms with E-state index in [1.54, 1.807) is 6.07 Å². The number of hydrogen-bond acceptors (Lipinski definition) is 6. The summed E-state index contributed by atoms with van der Waals surface area (Å²) in [6.07, 6.45) is 3.87. The Morgan fingerprint density at radius 2 is 2.03 bits per heavy atom. The van der Waals surface area contributed by atoms with Crippen LogP contribution < -0.4 is 20.4 Å². The molecule has 0 bridgehead atoms. The van der Waals surface area contributed by atoms with Gasteiger partial charge in [0.15, 0.2) is 5.82 Å². The molecule has 1 aromatic carbocycles. The number of pyridine rings is 1. The van der Waals surface area contributed by atoms with Crippen molar-refractivity contribution in [2.24, 2.45) is 0 Å². The smallest absolute Gasteiger partial charge is 0.251 e. The fraction of sp³-hybridized carbons (Fsp3) is 0.458. The fourth-order valence-electron chi connectivity index (χ4n) is 4.99. The third kappa shape index (κ3) is 4.37. The molecular weight excluding hydrogens is 440 g/mol. The quantitative estimate of drug-likeness (QED) is 0.702. The number of hydrogen-bond donors (Lipinski definition) is 2. The van der Waals surface area contributed by atoms with Crippen LogP contribution in [0.2, 0.25) is 5.02 Å². The number of nitrogens with zero attached hydrogens (tertiary/aromatic N) is 4. The molecule has 5 rings (SSSR count). The normalized spacial score (nSPS) is 20.3. The van der Waals surface area contributed by atoms with Gasteiger partial charge in [-0.15, -0.1) is 0 Å². The lowest BCUT2D eigenvalue weighted by atomic mass is 10.1. The third-order valence-electron chi connectivity index (χ3n) is 6.68. The van der Waals surface area contributed by atoms with Gasteiger partial charge in [0.1, 0.15) is 6.04 Å². The molecule has 2 fully saturated rings. The minimum Gasteiger partial charge on any atom is -0.368 e. The van der Waals surface area contributed by atoms with E-state index in [1.807, 2.05) is 25.3 Å². The van der Waals surface area contributed by atoms with Gasteiger partial charge in [-0.1, -0.05) is 11.6 Å². The highest BCUT2D eigenvalue weighted by Gasteiger charge is 2.37. The molecule has 3 aliphatic heterocycles. The zero-order valence-electron chi connectivity index (χ0n) is 18.8. The van der Waals surface area contributed by atoms with Gasteiger partial charge in [-0.05, 0) is 49.6 Å². The maximum Gasteiger partial charge on any atom is 0.251 e. The van der Waals surface area contributed by atoms with Crippen LogP contribution in [0.15, 0.2) is 30.5 Å². The predicted octanol–water partition coefficient (Wildman–Crippen LogP) is 2.73. The van der Waals surface area contributed by atoms with Crippen molar-refractivity contribution in [1.82, 2.24) is 15.2 Å². The number of benzene rings is 1. The van der Waals surface area contributed by atoms with E-state index in [-0.39, 0.29) is 17.9 Å². The van der Waals surface area contributed by atoms with E-state index < -0.39 is 0 Å². The highest BCUT2D eigenvalue weighted by molar-refractivity contribution is 6.33. The van der Waals surface area contributed by atoms with E-state index >= 15 is 0 Å². The van der Waals surface area contributed by atoms with Crippen molar-refractivity contribution in [3.63, 3.8) is 0 Å². The van der Waals surface area contributed by atoms with Gasteiger partial charge in [-0.25, -0.2) is 4.98 Å². The van der Waals surface area contributed by atoms with Gasteiger partial charge in [0.2, 0.25) is 5.91 Å². The molecule has 8 nitrogen and oxygen atoms in total. The van der Waals surface area contributed by atoms with Crippen molar-refractivity contribution in [2.75, 3.05) is 54.4 Å². The Balaban J connectivity index is 1.21. The first-order valence-electron chi connectivity index (χ1n) is 11.6. The number of aromatic nitrogens is 1. The van der Waals surface area contributed by atoms with Gasteiger partial charge < -0.3 is 20.4 Å². The number of carbonyl (C=O) groups is 2. The molecule has 2 amide bonds. The number of piperazine rings is 1. The summed E-state index contributed by atoms with van der Waals surface area (Å²) in [5, 5.41) is 6.45. The minimum atomic E-state index is -0.106. The molecule has 2 aromatic rings. The van der Waals surface area contributed by atoms with E-state index in [9.17, 15) is 9.59 Å². The summed E-state index contributed by atoms with van der Waals surface area (Å²) in [6.45, 7) is 7.66. The van der Waals surface area contributed by atoms with E-state index in [4.69, 9.17) is 16.6 Å². The molecule has 1 aromatic heterocycles. The van der Waals surface area contributed by atoms with Crippen molar-refractivity contribution >= 4 is 40.6 Å². The standard InChI is InChI=1S/C24H29ClN6O2/c1-2-26-23(32)17-5-6-20(18(25)13-17)30-10-8-29(9-11-30)15-16-12-19-22(27-14-16)31-7-3-4-21(31)24(33)28-19/h5-6,12-14,21H,2-4,7-11,15H2,1H3,(H,26,32)(H,28,33)/t21-/m0/s1. The second kappa shape index (κ2) is 9.19. The summed E-state index contributed by atoms with van der Waals surface area (Å²) in [5.74, 6) is 0.880. The summed E-state index contributed by atoms with van der Waals surface area (Å²) in [6, 6.07) is 7.51. The first-order chi connectivity index (χ1) is 16.0. The lowest BCUT2D eigenvalue weighted by molar-refractivity contribution is -0.117. The van der Waals surface area contributed by atoms with Gasteiger partial charge in [0, 0.05) is 57.6 Å². The highest BCUT2D eigenvalue weighted by atomic mass is 35.5. The minimum absolute atomic E-state index is 0.0640. The van der Waals surface area contributed by atoms with Crippen molar-refractivity contribution in [3.8, 4) is 0 Å². The highest BCUT2D eigenvalue weighted by Crippen LogP contribution is 2.35. The zero-order chi connectivity index (χ0) is 22.9. The Morgan fingerprint density at radius 1 is 1.21 bits per heavy atom. The Hall–Kier alpha value is -2.84. The fourth-order valence-corrected chi connectivity index (χ4v) is 5.29. The first-order valence-corrected chi connectivity index (χ1v) is 12.0. The van der Waals surface area contributed by atoms with Crippen LogP contribution in [0.5, 0.6) is 0 Å². The van der Waals surface area contributed by atoms with Gasteiger partial charge in [0.25, 0.3) is 5.91 Å². The number of carbonyl (C=O) groups excluding carboxylic acids is 2. The molecule has 0 radical (unpaired) electrons. The Kier molecular flexibility index (Phi) is 6.12. The molecule has 174 valence electrons. The molecule has 2 N–H and O–H groups in total. The Labute approximate surface area is 198 Å². The van der Waals surface area contributed by atoms with Crippen LogP contribution in [0.25, 0.3) is 0 Å². The monoisotopic (exact) mass is 468 g/mol. The van der Waals surface area contributed by atoms with Crippen molar-refractivity contribution in [3.05, 3.63) is 46.6 Å². The topological polar surface area (TPSA) is 80.8 Å². The molecule has 0 unspecified atom stereocenters. The third-order valence-corrected chi connectivity index (χ3v) is 6.98. The van der Waals surface area contributed by atoms with Crippen LogP contribution in [0, 0.1) is 0 Å². The molecule has 33 heavy (non-hydrogen) atoms.